The Morgan fingerprint density at radius 2 is 1.62 bits per heavy atom. The standard InChI is InChI=1S/C15H23N5O13S/c1-31-14(25)10(18-15(26)16-4-2-3-12(22)23)7-34-8-11(21)13(24)17-9(5-32-19(27)28)6-33-20(29)30/h9-10H,2-8H2,1H3,(H,17,24)(H,22,23)(H2,16,18,26)/t10-/m0/s1. The molecular formula is C15H23N5O13S. The van der Waals surface area contributed by atoms with Crippen LogP contribution in [0.2, 0.25) is 0 Å². The van der Waals surface area contributed by atoms with Gasteiger partial charge in [-0.3, -0.25) is 14.4 Å². The number of amides is 3. The highest BCUT2D eigenvalue weighted by molar-refractivity contribution is 8.00. The summed E-state index contributed by atoms with van der Waals surface area (Å²) in [6.07, 6.45) is -0.0116. The number of Topliss-reactive ketones (excluding diaryl/α,β-unsaturated/α-hetero) is 1. The van der Waals surface area contributed by atoms with Gasteiger partial charge >= 0.3 is 18.0 Å². The number of aliphatic carboxylic acids is 1. The molecule has 18 nitrogen and oxygen atoms in total. The number of nitrogens with one attached hydrogen (secondary N) is 3. The molecule has 0 fully saturated rings. The van der Waals surface area contributed by atoms with E-state index < -0.39 is 70.9 Å². The molecule has 0 heterocycles. The van der Waals surface area contributed by atoms with E-state index in [1.54, 1.807) is 0 Å². The van der Waals surface area contributed by atoms with Gasteiger partial charge in [0.1, 0.15) is 19.3 Å². The molecule has 0 aromatic carbocycles. The van der Waals surface area contributed by atoms with Crippen LogP contribution in [0.25, 0.3) is 0 Å². The number of esters is 1. The molecule has 0 saturated carbocycles. The monoisotopic (exact) mass is 513 g/mol. The smallest absolute Gasteiger partial charge is 0.329 e. The van der Waals surface area contributed by atoms with Crippen molar-refractivity contribution < 1.29 is 53.7 Å². The Bertz CT molecular complexity index is 747. The van der Waals surface area contributed by atoms with Crippen molar-refractivity contribution in [3.05, 3.63) is 20.2 Å². The fourth-order valence-corrected chi connectivity index (χ4v) is 2.89. The molecule has 0 bridgehead atoms. The van der Waals surface area contributed by atoms with Crippen molar-refractivity contribution in [3.8, 4) is 0 Å². The van der Waals surface area contributed by atoms with Gasteiger partial charge in [-0.05, 0) is 6.42 Å². The lowest BCUT2D eigenvalue weighted by atomic mass is 10.3. The summed E-state index contributed by atoms with van der Waals surface area (Å²) in [5.41, 5.74) is 0. The zero-order valence-electron chi connectivity index (χ0n) is 17.8. The van der Waals surface area contributed by atoms with Gasteiger partial charge in [0.15, 0.2) is 0 Å². The summed E-state index contributed by atoms with van der Waals surface area (Å²) in [6, 6.07) is -3.38. The number of hydrogen-bond donors (Lipinski definition) is 4. The van der Waals surface area contributed by atoms with Crippen LogP contribution in [0.4, 0.5) is 4.79 Å². The Hall–Kier alpha value is -3.90. The van der Waals surface area contributed by atoms with E-state index >= 15 is 0 Å². The van der Waals surface area contributed by atoms with Crippen LogP contribution in [0, 0.1) is 20.2 Å². The molecule has 19 heteroatoms. The second-order valence-electron chi connectivity index (χ2n) is 6.12. The quantitative estimate of drug-likeness (QED) is 0.0503. The summed E-state index contributed by atoms with van der Waals surface area (Å²) in [5, 5.41) is 33.3. The highest BCUT2D eigenvalue weighted by Gasteiger charge is 2.24. The molecule has 0 aromatic rings. The predicted octanol–water partition coefficient (Wildman–Crippen LogP) is -2.10. The number of carbonyl (C=O) groups excluding carboxylic acids is 4. The van der Waals surface area contributed by atoms with Crippen LogP contribution in [0.5, 0.6) is 0 Å². The maximum absolute atomic E-state index is 12.0. The van der Waals surface area contributed by atoms with Gasteiger partial charge in [-0.1, -0.05) is 0 Å². The van der Waals surface area contributed by atoms with Gasteiger partial charge in [-0.15, -0.1) is 20.2 Å². The van der Waals surface area contributed by atoms with E-state index in [0.29, 0.717) is 0 Å². The largest absolute Gasteiger partial charge is 0.481 e. The van der Waals surface area contributed by atoms with E-state index in [4.69, 9.17) is 5.11 Å². The number of thioether (sulfide) groups is 1. The fraction of sp³-hybridized carbons (Fsp3) is 0.667. The van der Waals surface area contributed by atoms with Crippen molar-refractivity contribution in [3.63, 3.8) is 0 Å². The molecule has 0 aromatic heterocycles. The molecule has 0 spiro atoms. The minimum Gasteiger partial charge on any atom is -0.481 e. The van der Waals surface area contributed by atoms with Gasteiger partial charge in [0.05, 0.1) is 18.9 Å². The molecule has 0 radical (unpaired) electrons. The Balaban J connectivity index is 4.65. The lowest BCUT2D eigenvalue weighted by Gasteiger charge is -2.17. The lowest BCUT2D eigenvalue weighted by molar-refractivity contribution is -0.766. The molecule has 192 valence electrons. The number of carbonyl (C=O) groups is 5. The Morgan fingerprint density at radius 1 is 1.03 bits per heavy atom. The number of carboxylic acids is 1. The van der Waals surface area contributed by atoms with Gasteiger partial charge in [0.2, 0.25) is 5.78 Å². The van der Waals surface area contributed by atoms with E-state index in [9.17, 15) is 44.2 Å². The summed E-state index contributed by atoms with van der Waals surface area (Å²) in [5.74, 6) is -4.85. The van der Waals surface area contributed by atoms with E-state index in [0.717, 1.165) is 18.9 Å². The molecule has 1 atom stereocenters. The molecule has 0 saturated heterocycles. The topological polar surface area (TPSA) is 256 Å². The third-order valence-electron chi connectivity index (χ3n) is 3.51. The number of hydrogen-bond acceptors (Lipinski definition) is 13. The van der Waals surface area contributed by atoms with E-state index in [-0.39, 0.29) is 25.1 Å². The van der Waals surface area contributed by atoms with Crippen molar-refractivity contribution in [2.45, 2.75) is 24.9 Å². The summed E-state index contributed by atoms with van der Waals surface area (Å²) in [7, 11) is 1.06. The van der Waals surface area contributed by atoms with E-state index in [1.807, 2.05) is 5.32 Å². The first-order valence-corrected chi connectivity index (χ1v) is 10.4. The first kappa shape index (κ1) is 30.1. The molecule has 0 aliphatic rings. The van der Waals surface area contributed by atoms with Gasteiger partial charge in [0, 0.05) is 18.7 Å². The van der Waals surface area contributed by atoms with Crippen molar-refractivity contribution in [2.24, 2.45) is 0 Å². The van der Waals surface area contributed by atoms with Crippen LogP contribution in [0.3, 0.4) is 0 Å². The van der Waals surface area contributed by atoms with Crippen molar-refractivity contribution in [2.75, 3.05) is 38.4 Å². The van der Waals surface area contributed by atoms with Gasteiger partial charge in [-0.2, -0.15) is 11.8 Å². The minimum absolute atomic E-state index is 0.0271. The summed E-state index contributed by atoms with van der Waals surface area (Å²) >= 11 is 0.769. The van der Waals surface area contributed by atoms with Crippen LogP contribution in [0.1, 0.15) is 12.8 Å². The first-order chi connectivity index (χ1) is 16.0. The normalized spacial score (nSPS) is 11.0. The zero-order valence-corrected chi connectivity index (χ0v) is 18.6. The van der Waals surface area contributed by atoms with Gasteiger partial charge in [0.25, 0.3) is 16.1 Å². The van der Waals surface area contributed by atoms with Crippen LogP contribution in [0.15, 0.2) is 0 Å². The van der Waals surface area contributed by atoms with Crippen LogP contribution < -0.4 is 16.0 Å². The molecule has 0 aliphatic heterocycles. The third kappa shape index (κ3) is 15.0. The number of carboxylic acid groups (broad SMARTS) is 1. The molecule has 4 N–H and O–H groups in total. The molecule has 0 rings (SSSR count). The average molecular weight is 513 g/mol. The molecule has 34 heavy (non-hydrogen) atoms. The Labute approximate surface area is 195 Å². The summed E-state index contributed by atoms with van der Waals surface area (Å²) in [6.45, 7) is -1.61. The zero-order chi connectivity index (χ0) is 26.1. The fourth-order valence-electron chi connectivity index (χ4n) is 2.00. The number of urea groups is 1. The first-order valence-electron chi connectivity index (χ1n) is 9.26. The molecular weight excluding hydrogens is 490 g/mol. The van der Waals surface area contributed by atoms with Crippen molar-refractivity contribution in [1.82, 2.24) is 16.0 Å². The minimum atomic E-state index is -1.38. The lowest BCUT2D eigenvalue weighted by Crippen LogP contribution is -2.48. The maximum atomic E-state index is 12.0. The number of ether oxygens (including phenoxy) is 1. The summed E-state index contributed by atoms with van der Waals surface area (Å²) < 4.78 is 4.55. The van der Waals surface area contributed by atoms with Crippen LogP contribution in [-0.4, -0.2) is 95.4 Å². The van der Waals surface area contributed by atoms with Crippen molar-refractivity contribution in [1.29, 1.82) is 0 Å². The summed E-state index contributed by atoms with van der Waals surface area (Å²) in [4.78, 5) is 86.5. The number of ketones is 1. The van der Waals surface area contributed by atoms with Crippen molar-refractivity contribution >= 4 is 41.4 Å². The Kier molecular flexibility index (Phi) is 14.8. The highest BCUT2D eigenvalue weighted by atomic mass is 32.2. The van der Waals surface area contributed by atoms with Crippen LogP contribution in [-0.2, 0) is 33.6 Å². The van der Waals surface area contributed by atoms with E-state index in [2.05, 4.69) is 25.0 Å². The predicted molar refractivity (Wildman–Crippen MR) is 109 cm³/mol. The average Bonchev–Trinajstić information content (AvgIpc) is 2.76. The Morgan fingerprint density at radius 3 is 2.12 bits per heavy atom. The highest BCUT2D eigenvalue weighted by Crippen LogP contribution is 2.05. The molecule has 0 unspecified atom stereocenters. The number of nitrogens with zero attached hydrogens (tertiary/aromatic N) is 2. The van der Waals surface area contributed by atoms with Crippen LogP contribution >= 0.6 is 11.8 Å². The maximum Gasteiger partial charge on any atom is 0.329 e. The molecule has 3 amide bonds. The van der Waals surface area contributed by atoms with Gasteiger partial charge in [-0.25, -0.2) is 9.59 Å². The van der Waals surface area contributed by atoms with Gasteiger partial charge < -0.3 is 35.5 Å². The SMILES string of the molecule is COC(=O)[C@H](CSCC(=O)C(=O)NC(CO[N+](=O)[O-])CO[N+](=O)[O-])NC(=O)NCCCC(=O)O. The number of rotatable bonds is 18. The van der Waals surface area contributed by atoms with E-state index in [1.165, 1.54) is 0 Å². The second-order valence-corrected chi connectivity index (χ2v) is 7.15. The second kappa shape index (κ2) is 16.7. The third-order valence-corrected chi connectivity index (χ3v) is 4.55. The molecule has 0 aliphatic carbocycles. The number of methoxy groups -OCH3 is 1.